The topological polar surface area (TPSA) is 66.8 Å². The van der Waals surface area contributed by atoms with Crippen LogP contribution in [-0.4, -0.2) is 47.5 Å². The van der Waals surface area contributed by atoms with Gasteiger partial charge in [-0.05, 0) is 32.7 Å². The van der Waals surface area contributed by atoms with Crippen LogP contribution in [0.25, 0.3) is 0 Å². The van der Waals surface area contributed by atoms with Gasteiger partial charge in [-0.3, -0.25) is 4.79 Å². The fourth-order valence-electron chi connectivity index (χ4n) is 3.82. The Labute approximate surface area is 184 Å². The zero-order valence-electron chi connectivity index (χ0n) is 17.9. The van der Waals surface area contributed by atoms with E-state index in [1.807, 2.05) is 36.4 Å². The maximum Gasteiger partial charge on any atom is 0.356 e. The zero-order chi connectivity index (χ0) is 22.1. The van der Waals surface area contributed by atoms with Crippen molar-refractivity contribution in [3.8, 4) is 11.8 Å². The van der Waals surface area contributed by atoms with Gasteiger partial charge in [0.25, 0.3) is 0 Å². The Balaban J connectivity index is 1.45. The van der Waals surface area contributed by atoms with E-state index >= 15 is 0 Å². The number of piperidine rings is 1. The number of ether oxygens (including phenoxy) is 1. The van der Waals surface area contributed by atoms with E-state index in [-0.39, 0.29) is 11.9 Å². The molecular formula is C26H29NO4. The fraction of sp³-hybridized carbons (Fsp3) is 0.385. The van der Waals surface area contributed by atoms with Crippen LogP contribution in [0.15, 0.2) is 60.7 Å². The molecule has 5 nitrogen and oxygen atoms in total. The van der Waals surface area contributed by atoms with Crippen molar-refractivity contribution in [2.45, 2.75) is 44.3 Å². The maximum atomic E-state index is 12.8. The van der Waals surface area contributed by atoms with Crippen LogP contribution in [0.5, 0.6) is 0 Å². The normalized spacial score (nSPS) is 16.6. The van der Waals surface area contributed by atoms with E-state index < -0.39 is 11.6 Å². The zero-order valence-corrected chi connectivity index (χ0v) is 17.9. The van der Waals surface area contributed by atoms with Crippen molar-refractivity contribution in [2.75, 3.05) is 19.6 Å². The van der Waals surface area contributed by atoms with Gasteiger partial charge in [-0.15, -0.1) is 5.92 Å². The van der Waals surface area contributed by atoms with E-state index in [4.69, 9.17) is 4.74 Å². The average Bonchev–Trinajstić information content (AvgIpc) is 2.81. The molecule has 1 aliphatic rings. The lowest BCUT2D eigenvalue weighted by atomic mass is 9.94. The first-order valence-electron chi connectivity index (χ1n) is 10.8. The Bertz CT molecular complexity index is 924. The van der Waals surface area contributed by atoms with Gasteiger partial charge in [-0.2, -0.15) is 0 Å². The molecule has 1 aliphatic heterocycles. The van der Waals surface area contributed by atoms with Crippen molar-refractivity contribution in [1.82, 2.24) is 4.90 Å². The minimum absolute atomic E-state index is 0.168. The van der Waals surface area contributed by atoms with Gasteiger partial charge in [0.15, 0.2) is 5.78 Å². The Morgan fingerprint density at radius 2 is 1.68 bits per heavy atom. The molecule has 162 valence electrons. The second kappa shape index (κ2) is 10.9. The van der Waals surface area contributed by atoms with E-state index in [0.29, 0.717) is 24.8 Å². The summed E-state index contributed by atoms with van der Waals surface area (Å²) in [6.07, 6.45) is 2.48. The molecule has 1 fully saturated rings. The number of benzene rings is 2. The number of nitrogens with zero attached hydrogens (tertiary/aromatic N) is 1. The number of esters is 1. The Hall–Kier alpha value is -2.94. The van der Waals surface area contributed by atoms with Gasteiger partial charge in [0, 0.05) is 30.6 Å². The first-order chi connectivity index (χ1) is 15.0. The van der Waals surface area contributed by atoms with E-state index in [2.05, 4.69) is 16.7 Å². The van der Waals surface area contributed by atoms with E-state index in [0.717, 1.165) is 31.6 Å². The molecule has 1 N–H and O–H groups in total. The monoisotopic (exact) mass is 419 g/mol. The van der Waals surface area contributed by atoms with Crippen molar-refractivity contribution in [3.63, 3.8) is 0 Å². The van der Waals surface area contributed by atoms with Gasteiger partial charge >= 0.3 is 5.97 Å². The number of likely N-dealkylation sites (tertiary alicyclic amines) is 1. The molecule has 1 atom stereocenters. The number of Topliss-reactive ketones (excluding diaryl/α,β-unsaturated/α-hetero) is 1. The van der Waals surface area contributed by atoms with Crippen molar-refractivity contribution >= 4 is 11.8 Å². The van der Waals surface area contributed by atoms with Crippen molar-refractivity contribution in [1.29, 1.82) is 0 Å². The largest absolute Gasteiger partial charge is 0.459 e. The molecule has 1 heterocycles. The average molecular weight is 420 g/mol. The van der Waals surface area contributed by atoms with Gasteiger partial charge in [0.2, 0.25) is 5.60 Å². The highest BCUT2D eigenvalue weighted by Crippen LogP contribution is 2.25. The Kier molecular flexibility index (Phi) is 8.00. The molecule has 2 aromatic carbocycles. The van der Waals surface area contributed by atoms with Crippen molar-refractivity contribution < 1.29 is 19.4 Å². The molecule has 1 unspecified atom stereocenters. The van der Waals surface area contributed by atoms with Crippen molar-refractivity contribution in [2.24, 2.45) is 0 Å². The SMILES string of the molecule is CC#CC(O)(C(=O)OC1CCN(CCCC(=O)c2ccccc2)CC1)c1ccccc1. The van der Waals surface area contributed by atoms with Gasteiger partial charge in [0.1, 0.15) is 6.10 Å². The van der Waals surface area contributed by atoms with Crippen LogP contribution in [-0.2, 0) is 15.1 Å². The second-order valence-corrected chi connectivity index (χ2v) is 7.79. The van der Waals surface area contributed by atoms with Gasteiger partial charge in [-0.25, -0.2) is 4.79 Å². The molecule has 3 rings (SSSR count). The molecule has 0 saturated carbocycles. The molecule has 0 aromatic heterocycles. The molecule has 0 amide bonds. The summed E-state index contributed by atoms with van der Waals surface area (Å²) >= 11 is 0. The number of aliphatic hydroxyl groups is 1. The Morgan fingerprint density at radius 3 is 2.29 bits per heavy atom. The van der Waals surface area contributed by atoms with Crippen LogP contribution in [0.1, 0.15) is 48.5 Å². The number of rotatable bonds is 8. The summed E-state index contributed by atoms with van der Waals surface area (Å²) in [5, 5.41) is 10.9. The Morgan fingerprint density at radius 1 is 1.06 bits per heavy atom. The highest BCUT2D eigenvalue weighted by Gasteiger charge is 2.39. The maximum absolute atomic E-state index is 12.8. The molecule has 5 heteroatoms. The predicted octanol–water partition coefficient (Wildman–Crippen LogP) is 3.57. The lowest BCUT2D eigenvalue weighted by molar-refractivity contribution is -0.168. The minimum atomic E-state index is -1.95. The molecule has 1 saturated heterocycles. The van der Waals surface area contributed by atoms with E-state index in [1.165, 1.54) is 0 Å². The minimum Gasteiger partial charge on any atom is -0.459 e. The first-order valence-corrected chi connectivity index (χ1v) is 10.8. The lowest BCUT2D eigenvalue weighted by Crippen LogP contribution is -2.42. The summed E-state index contributed by atoms with van der Waals surface area (Å²) in [5.74, 6) is 4.70. The van der Waals surface area contributed by atoms with Crippen LogP contribution < -0.4 is 0 Å². The summed E-state index contributed by atoms with van der Waals surface area (Å²) in [6.45, 7) is 4.01. The van der Waals surface area contributed by atoms with E-state index in [1.54, 1.807) is 31.2 Å². The first kappa shape index (κ1) is 22.7. The van der Waals surface area contributed by atoms with Gasteiger partial charge in [0.05, 0.1) is 0 Å². The number of carbonyl (C=O) groups is 2. The highest BCUT2D eigenvalue weighted by molar-refractivity contribution is 5.95. The third-order valence-corrected chi connectivity index (χ3v) is 5.58. The number of hydrogen-bond acceptors (Lipinski definition) is 5. The molecule has 0 spiro atoms. The third-order valence-electron chi connectivity index (χ3n) is 5.58. The summed E-state index contributed by atoms with van der Waals surface area (Å²) in [7, 11) is 0. The molecule has 2 aromatic rings. The molecule has 31 heavy (non-hydrogen) atoms. The number of hydrogen-bond donors (Lipinski definition) is 1. The summed E-state index contributed by atoms with van der Waals surface area (Å²) < 4.78 is 5.64. The van der Waals surface area contributed by atoms with Gasteiger partial charge < -0.3 is 14.7 Å². The third kappa shape index (κ3) is 6.04. The van der Waals surface area contributed by atoms with Crippen LogP contribution >= 0.6 is 0 Å². The molecular weight excluding hydrogens is 390 g/mol. The van der Waals surface area contributed by atoms with Crippen LogP contribution in [0.4, 0.5) is 0 Å². The predicted molar refractivity (Wildman–Crippen MR) is 119 cm³/mol. The number of ketones is 1. The lowest BCUT2D eigenvalue weighted by Gasteiger charge is -2.33. The summed E-state index contributed by atoms with van der Waals surface area (Å²) in [4.78, 5) is 27.3. The van der Waals surface area contributed by atoms with Crippen molar-refractivity contribution in [3.05, 3.63) is 71.8 Å². The standard InChI is InChI=1S/C26H29NO4/c1-2-17-26(30,22-12-7-4-8-13-22)25(29)31-23-15-19-27(20-16-23)18-9-14-24(28)21-10-5-3-6-11-21/h3-8,10-13,23,30H,9,14-16,18-20H2,1H3. The quantitative estimate of drug-likeness (QED) is 0.403. The van der Waals surface area contributed by atoms with Crippen LogP contribution in [0.3, 0.4) is 0 Å². The van der Waals surface area contributed by atoms with Gasteiger partial charge in [-0.1, -0.05) is 66.6 Å². The fourth-order valence-corrected chi connectivity index (χ4v) is 3.82. The summed E-state index contributed by atoms with van der Waals surface area (Å²) in [5.41, 5.74) is -0.783. The van der Waals surface area contributed by atoms with E-state index in [9.17, 15) is 14.7 Å². The van der Waals surface area contributed by atoms with Crippen LogP contribution in [0.2, 0.25) is 0 Å². The molecule has 0 aliphatic carbocycles. The smallest absolute Gasteiger partial charge is 0.356 e. The molecule has 0 radical (unpaired) electrons. The number of carbonyl (C=O) groups excluding carboxylic acids is 2. The summed E-state index contributed by atoms with van der Waals surface area (Å²) in [6, 6.07) is 18.0. The van der Waals surface area contributed by atoms with Crippen LogP contribution in [0, 0.1) is 11.8 Å². The molecule has 0 bridgehead atoms. The second-order valence-electron chi connectivity index (χ2n) is 7.79. The highest BCUT2D eigenvalue weighted by atomic mass is 16.6.